The lowest BCUT2D eigenvalue weighted by Gasteiger charge is -2.34. The average Bonchev–Trinajstić information content (AvgIpc) is 3.58. The lowest BCUT2D eigenvalue weighted by Crippen LogP contribution is -2.49. The first kappa shape index (κ1) is 23.6. The van der Waals surface area contributed by atoms with Crippen molar-refractivity contribution in [1.29, 1.82) is 0 Å². The standard InChI is InChI=1S/C24H29N7O3S/c1-33-19-7-5-18(6-8-19)22-27-28-24(31(22)16-20-4-2-15-34-20)35-17-21(32)29-11-13-30(14-12-29)23-25-9-3-10-26-23/h3,5-10,20H,2,4,11-17H2,1H3/t20-/m0/s1. The Labute approximate surface area is 208 Å². The number of ether oxygens (including phenoxy) is 2. The maximum Gasteiger partial charge on any atom is 0.233 e. The number of piperazine rings is 1. The second-order valence-corrected chi connectivity index (χ2v) is 9.43. The van der Waals surface area contributed by atoms with E-state index in [0.717, 1.165) is 54.8 Å². The van der Waals surface area contributed by atoms with Crippen molar-refractivity contribution in [3.05, 3.63) is 42.7 Å². The molecule has 11 heteroatoms. The van der Waals surface area contributed by atoms with Gasteiger partial charge in [-0.15, -0.1) is 10.2 Å². The summed E-state index contributed by atoms with van der Waals surface area (Å²) in [6, 6.07) is 9.58. The summed E-state index contributed by atoms with van der Waals surface area (Å²) in [5.74, 6) is 2.69. The van der Waals surface area contributed by atoms with Crippen LogP contribution in [0.2, 0.25) is 0 Å². The smallest absolute Gasteiger partial charge is 0.233 e. The fourth-order valence-corrected chi connectivity index (χ4v) is 5.18. The molecule has 35 heavy (non-hydrogen) atoms. The maximum absolute atomic E-state index is 13.0. The van der Waals surface area contributed by atoms with Crippen LogP contribution in [0.3, 0.4) is 0 Å². The van der Waals surface area contributed by atoms with E-state index in [2.05, 4.69) is 29.6 Å². The molecule has 0 bridgehead atoms. The van der Waals surface area contributed by atoms with Gasteiger partial charge in [-0.3, -0.25) is 9.36 Å². The molecule has 1 amide bonds. The third kappa shape index (κ3) is 5.57. The molecule has 184 valence electrons. The SMILES string of the molecule is COc1ccc(-c2nnc(SCC(=O)N3CCN(c4ncccn4)CC3)n2C[C@@H]2CCCO2)cc1. The van der Waals surface area contributed by atoms with E-state index >= 15 is 0 Å². The van der Waals surface area contributed by atoms with E-state index in [1.807, 2.05) is 29.2 Å². The maximum atomic E-state index is 13.0. The number of aromatic nitrogens is 5. The Morgan fingerprint density at radius 3 is 2.57 bits per heavy atom. The number of rotatable bonds is 8. The molecule has 10 nitrogen and oxygen atoms in total. The Hall–Kier alpha value is -3.18. The number of methoxy groups -OCH3 is 1. The minimum absolute atomic E-state index is 0.0984. The van der Waals surface area contributed by atoms with Gasteiger partial charge in [0.1, 0.15) is 5.75 Å². The number of hydrogen-bond donors (Lipinski definition) is 0. The van der Waals surface area contributed by atoms with Crippen LogP contribution in [-0.2, 0) is 16.1 Å². The monoisotopic (exact) mass is 495 g/mol. The highest BCUT2D eigenvalue weighted by atomic mass is 32.2. The van der Waals surface area contributed by atoms with E-state index in [1.54, 1.807) is 25.6 Å². The first-order chi connectivity index (χ1) is 17.2. The van der Waals surface area contributed by atoms with Gasteiger partial charge in [-0.05, 0) is 43.2 Å². The molecule has 2 saturated heterocycles. The number of nitrogens with zero attached hydrogens (tertiary/aromatic N) is 7. The molecule has 3 aromatic rings. The van der Waals surface area contributed by atoms with Crippen molar-refractivity contribution in [2.45, 2.75) is 30.6 Å². The van der Waals surface area contributed by atoms with Gasteiger partial charge < -0.3 is 19.3 Å². The van der Waals surface area contributed by atoms with Crippen molar-refractivity contribution in [3.63, 3.8) is 0 Å². The lowest BCUT2D eigenvalue weighted by molar-refractivity contribution is -0.128. The number of hydrogen-bond acceptors (Lipinski definition) is 9. The molecule has 0 N–H and O–H groups in total. The van der Waals surface area contributed by atoms with Crippen molar-refractivity contribution in [2.75, 3.05) is 50.5 Å². The Balaban J connectivity index is 1.24. The number of amides is 1. The number of carbonyl (C=O) groups is 1. The number of carbonyl (C=O) groups excluding carboxylic acids is 1. The van der Waals surface area contributed by atoms with Gasteiger partial charge in [0.2, 0.25) is 11.9 Å². The third-order valence-corrected chi connectivity index (χ3v) is 7.22. The van der Waals surface area contributed by atoms with Crippen LogP contribution >= 0.6 is 11.8 Å². The highest BCUT2D eigenvalue weighted by Crippen LogP contribution is 2.28. The van der Waals surface area contributed by atoms with Crippen molar-refractivity contribution >= 4 is 23.6 Å². The zero-order chi connectivity index (χ0) is 24.0. The van der Waals surface area contributed by atoms with E-state index in [4.69, 9.17) is 9.47 Å². The zero-order valence-corrected chi connectivity index (χ0v) is 20.6. The third-order valence-electron chi connectivity index (χ3n) is 6.27. The predicted octanol–water partition coefficient (Wildman–Crippen LogP) is 2.36. The van der Waals surface area contributed by atoms with Crippen LogP contribution in [0.5, 0.6) is 5.75 Å². The first-order valence-corrected chi connectivity index (χ1v) is 12.8. The summed E-state index contributed by atoms with van der Waals surface area (Å²) in [4.78, 5) is 25.6. The van der Waals surface area contributed by atoms with Crippen molar-refractivity contribution in [1.82, 2.24) is 29.6 Å². The molecule has 2 aliphatic rings. The van der Waals surface area contributed by atoms with Gasteiger partial charge >= 0.3 is 0 Å². The van der Waals surface area contributed by atoms with Crippen molar-refractivity contribution in [2.24, 2.45) is 0 Å². The van der Waals surface area contributed by atoms with Crippen molar-refractivity contribution < 1.29 is 14.3 Å². The lowest BCUT2D eigenvalue weighted by atomic mass is 10.2. The van der Waals surface area contributed by atoms with Crippen LogP contribution in [0, 0.1) is 0 Å². The van der Waals surface area contributed by atoms with E-state index in [0.29, 0.717) is 31.3 Å². The Morgan fingerprint density at radius 2 is 1.89 bits per heavy atom. The quantitative estimate of drug-likeness (QED) is 0.436. The second-order valence-electron chi connectivity index (χ2n) is 8.49. The molecule has 0 spiro atoms. The molecule has 4 heterocycles. The van der Waals surface area contributed by atoms with Gasteiger partial charge in [0.05, 0.1) is 25.5 Å². The molecule has 0 unspecified atom stereocenters. The molecule has 2 aromatic heterocycles. The molecule has 0 saturated carbocycles. The van der Waals surface area contributed by atoms with E-state index in [9.17, 15) is 4.79 Å². The summed E-state index contributed by atoms with van der Waals surface area (Å²) in [6.07, 6.45) is 5.68. The summed E-state index contributed by atoms with van der Waals surface area (Å²) in [5.41, 5.74) is 0.953. The van der Waals surface area contributed by atoms with Crippen LogP contribution in [-0.4, -0.2) is 87.3 Å². The molecule has 1 aromatic carbocycles. The fourth-order valence-electron chi connectivity index (χ4n) is 4.33. The second kappa shape index (κ2) is 11.0. The average molecular weight is 496 g/mol. The Kier molecular flexibility index (Phi) is 7.43. The van der Waals surface area contributed by atoms with Gasteiger partial charge in [0.15, 0.2) is 11.0 Å². The van der Waals surface area contributed by atoms with Gasteiger partial charge in [-0.25, -0.2) is 9.97 Å². The van der Waals surface area contributed by atoms with Gasteiger partial charge in [0.25, 0.3) is 0 Å². The highest BCUT2D eigenvalue weighted by molar-refractivity contribution is 7.99. The molecular formula is C24H29N7O3S. The van der Waals surface area contributed by atoms with Gasteiger partial charge in [-0.2, -0.15) is 0 Å². The summed E-state index contributed by atoms with van der Waals surface area (Å²) >= 11 is 1.43. The molecule has 0 radical (unpaired) electrons. The first-order valence-electron chi connectivity index (χ1n) is 11.8. The van der Waals surface area contributed by atoms with Crippen LogP contribution in [0.4, 0.5) is 5.95 Å². The van der Waals surface area contributed by atoms with Crippen molar-refractivity contribution in [3.8, 4) is 17.1 Å². The Morgan fingerprint density at radius 1 is 1.11 bits per heavy atom. The Bertz CT molecular complexity index is 1110. The van der Waals surface area contributed by atoms with Crippen LogP contribution in [0.1, 0.15) is 12.8 Å². The van der Waals surface area contributed by atoms with Gasteiger partial charge in [-0.1, -0.05) is 11.8 Å². The normalized spacial score (nSPS) is 18.1. The molecule has 2 aliphatic heterocycles. The summed E-state index contributed by atoms with van der Waals surface area (Å²) in [5, 5.41) is 9.64. The van der Waals surface area contributed by atoms with E-state index in [-0.39, 0.29) is 12.0 Å². The molecular weight excluding hydrogens is 466 g/mol. The van der Waals surface area contributed by atoms with Crippen LogP contribution in [0.25, 0.3) is 11.4 Å². The fraction of sp³-hybridized carbons (Fsp3) is 0.458. The molecule has 2 fully saturated rings. The minimum atomic E-state index is 0.0984. The zero-order valence-electron chi connectivity index (χ0n) is 19.7. The number of benzene rings is 1. The summed E-state index contributed by atoms with van der Waals surface area (Å²) < 4.78 is 13.2. The summed E-state index contributed by atoms with van der Waals surface area (Å²) in [7, 11) is 1.65. The van der Waals surface area contributed by atoms with Gasteiger partial charge in [0, 0.05) is 50.7 Å². The highest BCUT2D eigenvalue weighted by Gasteiger charge is 2.25. The van der Waals surface area contributed by atoms with E-state index < -0.39 is 0 Å². The van der Waals surface area contributed by atoms with Crippen LogP contribution in [0.15, 0.2) is 47.9 Å². The predicted molar refractivity (Wildman–Crippen MR) is 133 cm³/mol. The molecule has 0 aliphatic carbocycles. The largest absolute Gasteiger partial charge is 0.497 e. The number of anilines is 1. The minimum Gasteiger partial charge on any atom is -0.497 e. The topological polar surface area (TPSA) is 98.5 Å². The number of thioether (sulfide) groups is 1. The molecule has 5 rings (SSSR count). The van der Waals surface area contributed by atoms with Crippen LogP contribution < -0.4 is 9.64 Å². The summed E-state index contributed by atoms with van der Waals surface area (Å²) in [6.45, 7) is 4.19. The van der Waals surface area contributed by atoms with E-state index in [1.165, 1.54) is 11.8 Å². The molecule has 1 atom stereocenters.